The van der Waals surface area contributed by atoms with Gasteiger partial charge in [0.1, 0.15) is 0 Å². The van der Waals surface area contributed by atoms with Crippen molar-refractivity contribution in [2.75, 3.05) is 24.5 Å². The normalized spacial score (nSPS) is 22.5. The van der Waals surface area contributed by atoms with Gasteiger partial charge in [0.05, 0.1) is 0 Å². The van der Waals surface area contributed by atoms with E-state index in [0.717, 1.165) is 6.54 Å². The van der Waals surface area contributed by atoms with Gasteiger partial charge >= 0.3 is 0 Å². The Bertz CT molecular complexity index is 409. The number of anilines is 1. The van der Waals surface area contributed by atoms with Crippen LogP contribution in [-0.4, -0.2) is 19.6 Å². The van der Waals surface area contributed by atoms with E-state index in [1.54, 1.807) is 0 Å². The minimum absolute atomic E-state index is 0.455. The summed E-state index contributed by atoms with van der Waals surface area (Å²) in [4.78, 5) is 2.55. The van der Waals surface area contributed by atoms with Crippen molar-refractivity contribution in [2.24, 2.45) is 5.41 Å². The van der Waals surface area contributed by atoms with E-state index in [1.165, 1.54) is 50.0 Å². The van der Waals surface area contributed by atoms with Crippen LogP contribution in [-0.2, 0) is 0 Å². The van der Waals surface area contributed by atoms with Crippen molar-refractivity contribution in [3.8, 4) is 0 Å². The van der Waals surface area contributed by atoms with Crippen LogP contribution in [0.4, 0.5) is 5.69 Å². The zero-order chi connectivity index (χ0) is 13.3. The summed E-state index contributed by atoms with van der Waals surface area (Å²) in [5.41, 5.74) is 3.49. The lowest BCUT2D eigenvalue weighted by molar-refractivity contribution is 0.222. The molecule has 1 aromatic carbocycles. The molecule has 2 heteroatoms. The molecule has 1 aromatic rings. The van der Waals surface area contributed by atoms with Gasteiger partial charge in [0.15, 0.2) is 0 Å². The summed E-state index contributed by atoms with van der Waals surface area (Å²) in [7, 11) is 0. The Morgan fingerprint density at radius 1 is 1.16 bits per heavy atom. The Morgan fingerprint density at radius 3 is 2.37 bits per heavy atom. The lowest BCUT2D eigenvalue weighted by Crippen LogP contribution is -2.55. The van der Waals surface area contributed by atoms with Crippen LogP contribution in [0.3, 0.4) is 0 Å². The number of nitrogens with zero attached hydrogens (tertiary/aromatic N) is 1. The molecule has 1 atom stereocenters. The lowest BCUT2D eigenvalue weighted by Gasteiger charge is -2.49. The van der Waals surface area contributed by atoms with E-state index in [1.807, 2.05) is 0 Å². The van der Waals surface area contributed by atoms with Crippen molar-refractivity contribution in [3.05, 3.63) is 29.8 Å². The van der Waals surface area contributed by atoms with Gasteiger partial charge in [-0.05, 0) is 44.0 Å². The molecule has 3 rings (SSSR count). The van der Waals surface area contributed by atoms with Crippen LogP contribution in [0, 0.1) is 5.41 Å². The Morgan fingerprint density at radius 2 is 1.79 bits per heavy atom. The summed E-state index contributed by atoms with van der Waals surface area (Å²) < 4.78 is 0. The molecular weight excluding hydrogens is 232 g/mol. The van der Waals surface area contributed by atoms with E-state index in [-0.39, 0.29) is 0 Å². The third-order valence-electron chi connectivity index (χ3n) is 4.99. The van der Waals surface area contributed by atoms with Crippen LogP contribution in [0.25, 0.3) is 0 Å². The summed E-state index contributed by atoms with van der Waals surface area (Å²) in [6.45, 7) is 7.99. The third kappa shape index (κ3) is 2.51. The molecule has 1 saturated heterocycles. The molecule has 19 heavy (non-hydrogen) atoms. The Balaban J connectivity index is 1.61. The first-order chi connectivity index (χ1) is 9.22. The maximum absolute atomic E-state index is 3.46. The van der Waals surface area contributed by atoms with Crippen LogP contribution in [0.5, 0.6) is 0 Å². The van der Waals surface area contributed by atoms with E-state index < -0.39 is 0 Å². The second kappa shape index (κ2) is 5.16. The first-order valence-corrected chi connectivity index (χ1v) is 7.81. The summed E-state index contributed by atoms with van der Waals surface area (Å²) in [6, 6.07) is 9.61. The number of benzene rings is 1. The van der Waals surface area contributed by atoms with Crippen molar-refractivity contribution in [2.45, 2.75) is 45.6 Å². The van der Waals surface area contributed by atoms with Gasteiger partial charge in [0.25, 0.3) is 0 Å². The molecule has 0 radical (unpaired) electrons. The fourth-order valence-corrected chi connectivity index (χ4v) is 3.79. The molecule has 0 bridgehead atoms. The molecule has 104 valence electrons. The fraction of sp³-hybridized carbons (Fsp3) is 0.647. The second-order valence-corrected chi connectivity index (χ2v) is 6.43. The summed E-state index contributed by atoms with van der Waals surface area (Å²) >= 11 is 0. The van der Waals surface area contributed by atoms with Crippen molar-refractivity contribution >= 4 is 5.69 Å². The van der Waals surface area contributed by atoms with Gasteiger partial charge < -0.3 is 10.2 Å². The van der Waals surface area contributed by atoms with E-state index in [2.05, 4.69) is 48.3 Å². The summed E-state index contributed by atoms with van der Waals surface area (Å²) in [5, 5.41) is 3.46. The molecule has 1 unspecified atom stereocenters. The molecule has 2 nitrogen and oxygen atoms in total. The zero-order valence-corrected chi connectivity index (χ0v) is 12.3. The van der Waals surface area contributed by atoms with E-state index in [4.69, 9.17) is 0 Å². The van der Waals surface area contributed by atoms with Crippen molar-refractivity contribution in [1.82, 2.24) is 5.32 Å². The average Bonchev–Trinajstić information content (AvgIpc) is 2.87. The number of rotatable bonds is 4. The van der Waals surface area contributed by atoms with E-state index in [9.17, 15) is 0 Å². The average molecular weight is 258 g/mol. The Kier molecular flexibility index (Phi) is 3.53. The maximum atomic E-state index is 3.46. The molecule has 1 aliphatic carbocycles. The molecular formula is C17H26N2. The number of nitrogens with one attached hydrogen (secondary N) is 1. The quantitative estimate of drug-likeness (QED) is 0.885. The van der Waals surface area contributed by atoms with E-state index >= 15 is 0 Å². The first-order valence-electron chi connectivity index (χ1n) is 7.81. The topological polar surface area (TPSA) is 15.3 Å². The van der Waals surface area contributed by atoms with Crippen molar-refractivity contribution < 1.29 is 0 Å². The molecule has 0 amide bonds. The molecule has 1 heterocycles. The van der Waals surface area contributed by atoms with Gasteiger partial charge in [-0.25, -0.2) is 0 Å². The highest BCUT2D eigenvalue weighted by Gasteiger charge is 2.44. The van der Waals surface area contributed by atoms with Crippen LogP contribution in [0.2, 0.25) is 0 Å². The largest absolute Gasteiger partial charge is 0.370 e. The summed E-state index contributed by atoms with van der Waals surface area (Å²) in [5.74, 6) is 0. The molecule has 1 saturated carbocycles. The minimum Gasteiger partial charge on any atom is -0.370 e. The SMILES string of the molecule is CCNC(C)c1ccc(N2CC3(CCCC3)C2)cc1. The van der Waals surface area contributed by atoms with Crippen LogP contribution < -0.4 is 10.2 Å². The third-order valence-corrected chi connectivity index (χ3v) is 4.99. The molecule has 1 aliphatic heterocycles. The van der Waals surface area contributed by atoms with Gasteiger partial charge in [-0.1, -0.05) is 31.9 Å². The predicted molar refractivity (Wildman–Crippen MR) is 81.6 cm³/mol. The Hall–Kier alpha value is -1.02. The minimum atomic E-state index is 0.455. The monoisotopic (exact) mass is 258 g/mol. The first kappa shape index (κ1) is 13.0. The van der Waals surface area contributed by atoms with Crippen molar-refractivity contribution in [3.63, 3.8) is 0 Å². The van der Waals surface area contributed by atoms with Gasteiger partial charge in [-0.2, -0.15) is 0 Å². The Labute approximate surface area is 117 Å². The van der Waals surface area contributed by atoms with Gasteiger partial charge in [0, 0.05) is 30.2 Å². The molecule has 1 spiro atoms. The van der Waals surface area contributed by atoms with Gasteiger partial charge in [-0.15, -0.1) is 0 Å². The van der Waals surface area contributed by atoms with Gasteiger partial charge in [0.2, 0.25) is 0 Å². The highest BCUT2D eigenvalue weighted by Crippen LogP contribution is 2.46. The van der Waals surface area contributed by atoms with Crippen LogP contribution in [0.1, 0.15) is 51.1 Å². The smallest absolute Gasteiger partial charge is 0.0366 e. The standard InChI is InChI=1S/C17H26N2/c1-3-18-14(2)15-6-8-16(9-7-15)19-12-17(13-19)10-4-5-11-17/h6-9,14,18H,3-5,10-13H2,1-2H3. The highest BCUT2D eigenvalue weighted by molar-refractivity contribution is 5.51. The predicted octanol–water partition coefficient (Wildman–Crippen LogP) is 3.74. The van der Waals surface area contributed by atoms with Crippen LogP contribution in [0.15, 0.2) is 24.3 Å². The van der Waals surface area contributed by atoms with Crippen LogP contribution >= 0.6 is 0 Å². The number of hydrogen-bond donors (Lipinski definition) is 1. The maximum Gasteiger partial charge on any atom is 0.0366 e. The van der Waals surface area contributed by atoms with E-state index in [0.29, 0.717) is 11.5 Å². The summed E-state index contributed by atoms with van der Waals surface area (Å²) in [6.07, 6.45) is 5.82. The molecule has 2 aliphatic rings. The molecule has 0 aromatic heterocycles. The molecule has 1 N–H and O–H groups in total. The van der Waals surface area contributed by atoms with Gasteiger partial charge in [-0.3, -0.25) is 0 Å². The lowest BCUT2D eigenvalue weighted by atomic mass is 9.78. The fourth-order valence-electron chi connectivity index (χ4n) is 3.79. The molecule has 2 fully saturated rings. The second-order valence-electron chi connectivity index (χ2n) is 6.43. The van der Waals surface area contributed by atoms with Crippen molar-refractivity contribution in [1.29, 1.82) is 0 Å². The zero-order valence-electron chi connectivity index (χ0n) is 12.3. The number of hydrogen-bond acceptors (Lipinski definition) is 2. The highest BCUT2D eigenvalue weighted by atomic mass is 15.2.